The summed E-state index contributed by atoms with van der Waals surface area (Å²) in [6, 6.07) is 11.8. The quantitative estimate of drug-likeness (QED) is 0.450. The molecule has 0 spiro atoms. The summed E-state index contributed by atoms with van der Waals surface area (Å²) in [4.78, 5) is 29.8. The van der Waals surface area contributed by atoms with Gasteiger partial charge in [0.15, 0.2) is 0 Å². The van der Waals surface area contributed by atoms with Crippen LogP contribution < -0.4 is 15.3 Å². The van der Waals surface area contributed by atoms with Gasteiger partial charge in [-0.15, -0.1) is 4.73 Å². The van der Waals surface area contributed by atoms with Gasteiger partial charge in [0.1, 0.15) is 18.8 Å². The Bertz CT molecular complexity index is 1090. The third-order valence-electron chi connectivity index (χ3n) is 4.14. The molecule has 0 aliphatic carbocycles. The third kappa shape index (κ3) is 4.20. The molecule has 2 N–H and O–H groups in total. The molecule has 0 unspecified atom stereocenters. The number of aromatic nitrogens is 1. The van der Waals surface area contributed by atoms with Crippen molar-refractivity contribution in [1.82, 2.24) is 4.73 Å². The van der Waals surface area contributed by atoms with Gasteiger partial charge in [-0.3, -0.25) is 4.79 Å². The average Bonchev–Trinajstić information content (AvgIpc) is 3.02. The van der Waals surface area contributed by atoms with E-state index in [0.717, 1.165) is 5.56 Å². The van der Waals surface area contributed by atoms with Gasteiger partial charge >= 0.3 is 5.97 Å². The summed E-state index contributed by atoms with van der Waals surface area (Å²) in [5.74, 6) is -1.08. The summed E-state index contributed by atoms with van der Waals surface area (Å²) < 4.78 is 12.2. The molecular formula is C21H19ClN2O5. The van der Waals surface area contributed by atoms with Gasteiger partial charge in [-0.2, -0.15) is 0 Å². The molecule has 29 heavy (non-hydrogen) atoms. The minimum absolute atomic E-state index is 0.126. The maximum absolute atomic E-state index is 12.5. The van der Waals surface area contributed by atoms with E-state index >= 15 is 0 Å². The van der Waals surface area contributed by atoms with E-state index in [0.29, 0.717) is 15.9 Å². The van der Waals surface area contributed by atoms with Crippen molar-refractivity contribution >= 4 is 34.4 Å². The molecule has 1 amide bonds. The van der Waals surface area contributed by atoms with Crippen LogP contribution in [0.4, 0.5) is 0 Å². The van der Waals surface area contributed by atoms with E-state index in [1.165, 1.54) is 24.0 Å². The molecule has 8 heteroatoms. The van der Waals surface area contributed by atoms with Crippen molar-refractivity contribution in [3.05, 3.63) is 76.8 Å². The highest BCUT2D eigenvalue weighted by atomic mass is 35.5. The van der Waals surface area contributed by atoms with E-state index in [2.05, 4.69) is 6.58 Å². The van der Waals surface area contributed by atoms with Crippen molar-refractivity contribution in [2.24, 2.45) is 5.73 Å². The number of hydrogen-bond acceptors (Lipinski definition) is 5. The van der Waals surface area contributed by atoms with E-state index < -0.39 is 11.9 Å². The van der Waals surface area contributed by atoms with Crippen LogP contribution in [0.15, 0.2) is 55.1 Å². The lowest BCUT2D eigenvalue weighted by molar-refractivity contribution is 0.0585. The van der Waals surface area contributed by atoms with Gasteiger partial charge in [0.25, 0.3) is 0 Å². The van der Waals surface area contributed by atoms with Crippen LogP contribution in [0.3, 0.4) is 0 Å². The van der Waals surface area contributed by atoms with Crippen LogP contribution in [0.1, 0.15) is 26.3 Å². The van der Waals surface area contributed by atoms with Crippen LogP contribution in [-0.2, 0) is 11.3 Å². The van der Waals surface area contributed by atoms with Crippen LogP contribution >= 0.6 is 11.6 Å². The van der Waals surface area contributed by atoms with Crippen molar-refractivity contribution in [3.8, 4) is 5.88 Å². The Morgan fingerprint density at radius 2 is 2.03 bits per heavy atom. The van der Waals surface area contributed by atoms with Gasteiger partial charge in [0, 0.05) is 16.0 Å². The second-order valence-electron chi connectivity index (χ2n) is 6.07. The third-order valence-corrected chi connectivity index (χ3v) is 4.38. The molecule has 0 saturated heterocycles. The zero-order valence-electron chi connectivity index (χ0n) is 15.7. The first-order valence-corrected chi connectivity index (χ1v) is 9.02. The van der Waals surface area contributed by atoms with Gasteiger partial charge in [0.2, 0.25) is 11.8 Å². The molecule has 2 aromatic carbocycles. The summed E-state index contributed by atoms with van der Waals surface area (Å²) in [5, 5.41) is 1.06. The minimum atomic E-state index is -0.608. The monoisotopic (exact) mass is 414 g/mol. The van der Waals surface area contributed by atoms with Crippen molar-refractivity contribution in [3.63, 3.8) is 0 Å². The number of nitrogens with two attached hydrogens (primary N) is 1. The van der Waals surface area contributed by atoms with Gasteiger partial charge in [-0.25, -0.2) is 4.79 Å². The van der Waals surface area contributed by atoms with Crippen LogP contribution in [0.2, 0.25) is 5.02 Å². The zero-order valence-corrected chi connectivity index (χ0v) is 16.4. The van der Waals surface area contributed by atoms with Crippen LogP contribution in [0, 0.1) is 0 Å². The summed E-state index contributed by atoms with van der Waals surface area (Å²) in [6.45, 7) is 3.90. The van der Waals surface area contributed by atoms with E-state index in [4.69, 9.17) is 31.6 Å². The summed E-state index contributed by atoms with van der Waals surface area (Å²) in [6.07, 6.45) is 1.54. The highest BCUT2D eigenvalue weighted by molar-refractivity contribution is 6.30. The second kappa shape index (κ2) is 8.70. The molecule has 3 aromatic rings. The fourth-order valence-electron chi connectivity index (χ4n) is 2.85. The predicted octanol–water partition coefficient (Wildman–Crippen LogP) is 3.37. The molecule has 0 fully saturated rings. The Labute approximate surface area is 172 Å². The fraction of sp³-hybridized carbons (Fsp3) is 0.143. The average molecular weight is 415 g/mol. The molecule has 0 bridgehead atoms. The number of primary amides is 1. The summed E-state index contributed by atoms with van der Waals surface area (Å²) in [7, 11) is 1.27. The molecule has 3 rings (SSSR count). The van der Waals surface area contributed by atoms with Gasteiger partial charge in [-0.1, -0.05) is 42.5 Å². The van der Waals surface area contributed by atoms with Crippen molar-refractivity contribution < 1.29 is 23.9 Å². The predicted molar refractivity (Wildman–Crippen MR) is 109 cm³/mol. The summed E-state index contributed by atoms with van der Waals surface area (Å²) >= 11 is 6.03. The Balaban J connectivity index is 2.16. The van der Waals surface area contributed by atoms with E-state index in [1.807, 2.05) is 6.07 Å². The van der Waals surface area contributed by atoms with E-state index in [9.17, 15) is 9.59 Å². The maximum atomic E-state index is 12.5. The van der Waals surface area contributed by atoms with Crippen molar-refractivity contribution in [2.75, 3.05) is 13.7 Å². The maximum Gasteiger partial charge on any atom is 0.344 e. The number of halogens is 1. The first-order valence-electron chi connectivity index (χ1n) is 8.64. The number of benzene rings is 2. The number of rotatable bonds is 8. The molecule has 0 saturated carbocycles. The minimum Gasteiger partial charge on any atom is -0.471 e. The number of ether oxygens (including phenoxy) is 2. The molecule has 0 aliphatic heterocycles. The Morgan fingerprint density at radius 1 is 1.24 bits per heavy atom. The first kappa shape index (κ1) is 20.3. The number of fused-ring (bicyclic) bond motifs is 1. The Morgan fingerprint density at radius 3 is 2.69 bits per heavy atom. The van der Waals surface area contributed by atoms with Crippen LogP contribution in [0.25, 0.3) is 10.9 Å². The number of amides is 1. The number of carbonyl (C=O) groups excluding carboxylic acids is 2. The number of nitrogens with zero attached hydrogens (tertiary/aromatic N) is 1. The smallest absolute Gasteiger partial charge is 0.344 e. The Kier molecular flexibility index (Phi) is 6.09. The number of hydrogen-bond donors (Lipinski definition) is 1. The lowest BCUT2D eigenvalue weighted by atomic mass is 10.1. The summed E-state index contributed by atoms with van der Waals surface area (Å²) in [5.41, 5.74) is 7.06. The van der Waals surface area contributed by atoms with E-state index in [1.54, 1.807) is 30.3 Å². The number of carbonyl (C=O) groups is 2. The largest absolute Gasteiger partial charge is 0.471 e. The zero-order chi connectivity index (χ0) is 21.0. The van der Waals surface area contributed by atoms with Crippen molar-refractivity contribution in [1.29, 1.82) is 0 Å². The lowest BCUT2D eigenvalue weighted by Crippen LogP contribution is -2.15. The normalized spacial score (nSPS) is 10.6. The fourth-order valence-corrected chi connectivity index (χ4v) is 3.07. The highest BCUT2D eigenvalue weighted by Gasteiger charge is 2.27. The number of methoxy groups -OCH3 is 1. The lowest BCUT2D eigenvalue weighted by Gasteiger charge is -2.13. The van der Waals surface area contributed by atoms with Crippen LogP contribution in [0.5, 0.6) is 5.88 Å². The highest BCUT2D eigenvalue weighted by Crippen LogP contribution is 2.33. The van der Waals surface area contributed by atoms with Crippen molar-refractivity contribution in [2.45, 2.75) is 6.61 Å². The molecule has 7 nitrogen and oxygen atoms in total. The Hall–Kier alpha value is -3.45. The molecule has 1 heterocycles. The first-order chi connectivity index (χ1) is 14.0. The standard InChI is InChI=1S/C21H19ClN2O5/c1-3-9-29-24-17-11-14(19(23)25)7-8-16(17)18(21(26)27-2)20(24)28-12-13-5-4-6-15(22)10-13/h3-8,10-11H,1,9,12H2,2H3,(H2,23,25). The topological polar surface area (TPSA) is 92.8 Å². The molecule has 0 aliphatic rings. The molecule has 150 valence electrons. The van der Waals surface area contributed by atoms with Gasteiger partial charge in [0.05, 0.1) is 12.6 Å². The molecule has 0 atom stereocenters. The van der Waals surface area contributed by atoms with E-state index in [-0.39, 0.29) is 30.2 Å². The second-order valence-corrected chi connectivity index (χ2v) is 6.50. The molecule has 1 aromatic heterocycles. The van der Waals surface area contributed by atoms with Crippen LogP contribution in [-0.4, -0.2) is 30.3 Å². The molecular weight excluding hydrogens is 396 g/mol. The number of esters is 1. The molecule has 0 radical (unpaired) electrons. The SMILES string of the molecule is C=CCOn1c(OCc2cccc(Cl)c2)c(C(=O)OC)c2ccc(C(N)=O)cc21. The van der Waals surface area contributed by atoms with Gasteiger partial charge < -0.3 is 20.0 Å². The van der Waals surface area contributed by atoms with Gasteiger partial charge in [-0.05, 0) is 29.8 Å².